The summed E-state index contributed by atoms with van der Waals surface area (Å²) >= 11 is 0. The smallest absolute Gasteiger partial charge is 0.264 e. The summed E-state index contributed by atoms with van der Waals surface area (Å²) in [4.78, 5) is 17.0. The summed E-state index contributed by atoms with van der Waals surface area (Å²) in [5, 5.41) is 7.02. The first-order valence-electron chi connectivity index (χ1n) is 9.32. The number of ether oxygens (including phenoxy) is 1. The van der Waals surface area contributed by atoms with Crippen LogP contribution in [-0.4, -0.2) is 21.6 Å². The Morgan fingerprint density at radius 2 is 1.86 bits per heavy atom. The van der Waals surface area contributed by atoms with Crippen LogP contribution in [0.5, 0.6) is 5.75 Å². The van der Waals surface area contributed by atoms with E-state index in [1.807, 2.05) is 64.1 Å². The number of aryl methyl sites for hydroxylation is 1. The zero-order valence-electron chi connectivity index (χ0n) is 16.7. The predicted molar refractivity (Wildman–Crippen MR) is 107 cm³/mol. The Kier molecular flexibility index (Phi) is 5.78. The van der Waals surface area contributed by atoms with Crippen LogP contribution >= 0.6 is 0 Å². The van der Waals surface area contributed by atoms with Crippen molar-refractivity contribution >= 4 is 5.91 Å². The summed E-state index contributed by atoms with van der Waals surface area (Å²) in [7, 11) is 0. The lowest BCUT2D eigenvalue weighted by molar-refractivity contribution is 0.0906. The van der Waals surface area contributed by atoms with E-state index in [0.717, 1.165) is 17.5 Å². The van der Waals surface area contributed by atoms with Crippen molar-refractivity contribution in [2.75, 3.05) is 0 Å². The molecule has 146 valence electrons. The quantitative estimate of drug-likeness (QED) is 0.652. The highest BCUT2D eigenvalue weighted by atomic mass is 16.5. The van der Waals surface area contributed by atoms with Crippen LogP contribution < -0.4 is 10.1 Å². The highest BCUT2D eigenvalue weighted by Crippen LogP contribution is 2.22. The van der Waals surface area contributed by atoms with Crippen LogP contribution in [0.3, 0.4) is 0 Å². The monoisotopic (exact) mass is 379 g/mol. The Labute approximate surface area is 164 Å². The van der Waals surface area contributed by atoms with E-state index in [-0.39, 0.29) is 18.1 Å². The summed E-state index contributed by atoms with van der Waals surface area (Å²) in [6, 6.07) is 15.0. The molecule has 0 aliphatic carbocycles. The summed E-state index contributed by atoms with van der Waals surface area (Å²) in [5.41, 5.74) is 2.22. The average Bonchev–Trinajstić information content (AvgIpc) is 3.16. The van der Waals surface area contributed by atoms with Gasteiger partial charge in [0.05, 0.1) is 5.56 Å². The molecule has 0 atom stereocenters. The molecule has 3 rings (SSSR count). The number of nitrogens with zero attached hydrogens (tertiary/aromatic N) is 2. The molecular formula is C22H25N3O3. The van der Waals surface area contributed by atoms with E-state index in [1.165, 1.54) is 0 Å². The molecule has 3 aromatic rings. The number of benzene rings is 2. The van der Waals surface area contributed by atoms with Crippen molar-refractivity contribution in [2.45, 2.75) is 46.3 Å². The van der Waals surface area contributed by atoms with Gasteiger partial charge in [-0.3, -0.25) is 4.79 Å². The third-order valence-corrected chi connectivity index (χ3v) is 4.60. The van der Waals surface area contributed by atoms with E-state index < -0.39 is 0 Å². The zero-order chi connectivity index (χ0) is 20.1. The van der Waals surface area contributed by atoms with Crippen LogP contribution in [0.25, 0.3) is 11.4 Å². The minimum atomic E-state index is -0.292. The van der Waals surface area contributed by atoms with Gasteiger partial charge in [0.25, 0.3) is 11.8 Å². The van der Waals surface area contributed by atoms with Crippen molar-refractivity contribution in [1.29, 1.82) is 0 Å². The Hall–Kier alpha value is -3.15. The molecule has 1 heterocycles. The fraction of sp³-hybridized carbons (Fsp3) is 0.318. The molecule has 0 aliphatic rings. The molecule has 0 unspecified atom stereocenters. The second kappa shape index (κ2) is 8.25. The maximum absolute atomic E-state index is 12.6. The largest absolute Gasteiger partial charge is 0.483 e. The maximum atomic E-state index is 12.6. The Balaban J connectivity index is 1.70. The lowest BCUT2D eigenvalue weighted by Crippen LogP contribution is -2.42. The molecular weight excluding hydrogens is 354 g/mol. The highest BCUT2D eigenvalue weighted by Gasteiger charge is 2.21. The molecule has 28 heavy (non-hydrogen) atoms. The second-order valence-electron chi connectivity index (χ2n) is 7.35. The van der Waals surface area contributed by atoms with Gasteiger partial charge in [-0.25, -0.2) is 0 Å². The summed E-state index contributed by atoms with van der Waals surface area (Å²) in [6.07, 6.45) is 0.825. The number of carbonyl (C=O) groups excluding carboxylic acids is 1. The average molecular weight is 379 g/mol. The van der Waals surface area contributed by atoms with Crippen LogP contribution in [0.2, 0.25) is 0 Å². The molecule has 0 aliphatic heterocycles. The molecule has 1 amide bonds. The topological polar surface area (TPSA) is 77.2 Å². The Morgan fingerprint density at radius 3 is 2.57 bits per heavy atom. The van der Waals surface area contributed by atoms with E-state index >= 15 is 0 Å². The molecule has 2 aromatic carbocycles. The van der Waals surface area contributed by atoms with Crippen LogP contribution in [0, 0.1) is 6.92 Å². The SMILES string of the molecule is CCC(C)(C)NC(=O)c1ccccc1OCc1nc(-c2ccc(C)cc2)no1. The van der Waals surface area contributed by atoms with Crippen LogP contribution in [-0.2, 0) is 6.61 Å². The number of aromatic nitrogens is 2. The molecule has 1 N–H and O–H groups in total. The van der Waals surface area contributed by atoms with Crippen molar-refractivity contribution < 1.29 is 14.1 Å². The number of rotatable bonds is 7. The van der Waals surface area contributed by atoms with Crippen LogP contribution in [0.15, 0.2) is 53.1 Å². The zero-order valence-corrected chi connectivity index (χ0v) is 16.7. The Morgan fingerprint density at radius 1 is 1.14 bits per heavy atom. The lowest BCUT2D eigenvalue weighted by Gasteiger charge is -2.25. The number of carbonyl (C=O) groups is 1. The first kappa shape index (κ1) is 19.6. The molecule has 6 nitrogen and oxygen atoms in total. The van der Waals surface area contributed by atoms with Gasteiger partial charge in [-0.1, -0.05) is 54.0 Å². The van der Waals surface area contributed by atoms with Gasteiger partial charge in [0.15, 0.2) is 6.61 Å². The molecule has 0 saturated carbocycles. The predicted octanol–water partition coefficient (Wildman–Crippen LogP) is 4.54. The van der Waals surface area contributed by atoms with Gasteiger partial charge in [-0.2, -0.15) is 4.98 Å². The molecule has 6 heteroatoms. The van der Waals surface area contributed by atoms with Crippen molar-refractivity contribution in [3.05, 3.63) is 65.5 Å². The van der Waals surface area contributed by atoms with Gasteiger partial charge in [0, 0.05) is 11.1 Å². The first-order valence-corrected chi connectivity index (χ1v) is 9.32. The number of nitrogens with one attached hydrogen (secondary N) is 1. The van der Waals surface area contributed by atoms with Crippen molar-refractivity contribution in [3.8, 4) is 17.1 Å². The van der Waals surface area contributed by atoms with Gasteiger partial charge in [-0.15, -0.1) is 0 Å². The third-order valence-electron chi connectivity index (χ3n) is 4.60. The minimum absolute atomic E-state index is 0.0837. The van der Waals surface area contributed by atoms with E-state index in [2.05, 4.69) is 15.5 Å². The fourth-order valence-electron chi connectivity index (χ4n) is 2.52. The molecule has 0 bridgehead atoms. The normalized spacial score (nSPS) is 11.3. The maximum Gasteiger partial charge on any atom is 0.264 e. The van der Waals surface area contributed by atoms with E-state index in [9.17, 15) is 4.79 Å². The standard InChI is InChI=1S/C22H25N3O3/c1-5-22(3,4)24-21(26)17-8-6-7-9-18(17)27-14-19-23-20(25-28-19)16-12-10-15(2)11-13-16/h6-13H,5,14H2,1-4H3,(H,24,26). The third kappa shape index (κ3) is 4.76. The van der Waals surface area contributed by atoms with Gasteiger partial charge in [-0.05, 0) is 39.3 Å². The summed E-state index contributed by atoms with van der Waals surface area (Å²) in [5.74, 6) is 1.16. The van der Waals surface area contributed by atoms with Crippen LogP contribution in [0.1, 0.15) is 49.0 Å². The Bertz CT molecular complexity index is 946. The number of para-hydroxylation sites is 1. The highest BCUT2D eigenvalue weighted by molar-refractivity contribution is 5.97. The number of amides is 1. The first-order chi connectivity index (χ1) is 13.4. The minimum Gasteiger partial charge on any atom is -0.483 e. The van der Waals surface area contributed by atoms with Crippen LogP contribution in [0.4, 0.5) is 0 Å². The molecule has 0 saturated heterocycles. The van der Waals surface area contributed by atoms with Gasteiger partial charge in [0.1, 0.15) is 5.75 Å². The van der Waals surface area contributed by atoms with Crippen molar-refractivity contribution in [3.63, 3.8) is 0 Å². The number of hydrogen-bond acceptors (Lipinski definition) is 5. The van der Waals surface area contributed by atoms with E-state index in [4.69, 9.17) is 9.26 Å². The summed E-state index contributed by atoms with van der Waals surface area (Å²) < 4.78 is 11.1. The molecule has 0 fully saturated rings. The fourth-order valence-corrected chi connectivity index (χ4v) is 2.52. The van der Waals surface area contributed by atoms with Crippen molar-refractivity contribution in [2.24, 2.45) is 0 Å². The van der Waals surface area contributed by atoms with E-state index in [1.54, 1.807) is 12.1 Å². The second-order valence-corrected chi connectivity index (χ2v) is 7.35. The van der Waals surface area contributed by atoms with Gasteiger partial charge < -0.3 is 14.6 Å². The molecule has 0 radical (unpaired) electrons. The lowest BCUT2D eigenvalue weighted by atomic mass is 10.0. The van der Waals surface area contributed by atoms with E-state index in [0.29, 0.717) is 23.0 Å². The van der Waals surface area contributed by atoms with Gasteiger partial charge >= 0.3 is 0 Å². The van der Waals surface area contributed by atoms with Crippen molar-refractivity contribution in [1.82, 2.24) is 15.5 Å². The summed E-state index contributed by atoms with van der Waals surface area (Å²) in [6.45, 7) is 8.11. The molecule has 1 aromatic heterocycles. The molecule has 0 spiro atoms. The van der Waals surface area contributed by atoms with Gasteiger partial charge in [0.2, 0.25) is 5.82 Å². The number of hydrogen-bond donors (Lipinski definition) is 1.